The van der Waals surface area contributed by atoms with Gasteiger partial charge in [-0.25, -0.2) is 4.79 Å². The molecule has 0 atom stereocenters. The quantitative estimate of drug-likeness (QED) is 0.374. The molecule has 1 N–H and O–H groups in total. The molecule has 1 aromatic carbocycles. The highest BCUT2D eigenvalue weighted by molar-refractivity contribution is 7.14. The van der Waals surface area contributed by atoms with Gasteiger partial charge in [0.1, 0.15) is 28.1 Å². The Morgan fingerprint density at radius 2 is 1.90 bits per heavy atom. The molecule has 1 amide bonds. The highest BCUT2D eigenvalue weighted by Gasteiger charge is 2.18. The summed E-state index contributed by atoms with van der Waals surface area (Å²) in [5.74, 6) is -0.0235. The van der Waals surface area contributed by atoms with Crippen molar-refractivity contribution in [1.82, 2.24) is 0 Å². The number of benzene rings is 1. The van der Waals surface area contributed by atoms with Crippen molar-refractivity contribution in [1.29, 1.82) is 5.26 Å². The van der Waals surface area contributed by atoms with Crippen molar-refractivity contribution in [3.05, 3.63) is 46.3 Å². The molecular formula is C21H22N2O5S. The van der Waals surface area contributed by atoms with Gasteiger partial charge in [-0.15, -0.1) is 11.3 Å². The smallest absolute Gasteiger partial charge is 0.341 e. The first-order chi connectivity index (χ1) is 14.0. The van der Waals surface area contributed by atoms with Gasteiger partial charge in [0, 0.05) is 11.6 Å². The van der Waals surface area contributed by atoms with E-state index in [9.17, 15) is 14.9 Å². The lowest BCUT2D eigenvalue weighted by atomic mass is 10.1. The first-order valence-corrected chi connectivity index (χ1v) is 9.99. The van der Waals surface area contributed by atoms with Crippen LogP contribution in [0.15, 0.2) is 35.2 Å². The number of rotatable bonds is 9. The molecule has 1 aromatic heterocycles. The lowest BCUT2D eigenvalue weighted by molar-refractivity contribution is -0.112. The normalized spacial score (nSPS) is 10.8. The lowest BCUT2D eigenvalue weighted by Crippen LogP contribution is -2.15. The maximum absolute atomic E-state index is 12.6. The number of nitrogens with one attached hydrogen (secondary N) is 1. The van der Waals surface area contributed by atoms with Crippen molar-refractivity contribution in [3.8, 4) is 17.6 Å². The highest BCUT2D eigenvalue weighted by atomic mass is 32.1. The largest absolute Gasteiger partial charge is 0.494 e. The van der Waals surface area contributed by atoms with Crippen molar-refractivity contribution >= 4 is 34.3 Å². The Bertz CT molecular complexity index is 943. The second-order valence-electron chi connectivity index (χ2n) is 5.57. The SMILES string of the molecule is CCOC(=O)c1ccsc1NC(=O)C(C#N)=Cc1ccc(OCC)cc1OCC. The van der Waals surface area contributed by atoms with Crippen LogP contribution in [0.2, 0.25) is 0 Å². The predicted molar refractivity (Wildman–Crippen MR) is 111 cm³/mol. The van der Waals surface area contributed by atoms with E-state index >= 15 is 0 Å². The first-order valence-electron chi connectivity index (χ1n) is 9.11. The van der Waals surface area contributed by atoms with Crippen LogP contribution >= 0.6 is 11.3 Å². The van der Waals surface area contributed by atoms with Crippen LogP contribution < -0.4 is 14.8 Å². The zero-order chi connectivity index (χ0) is 21.2. The number of amides is 1. The molecule has 0 saturated carbocycles. The van der Waals surface area contributed by atoms with Crippen LogP contribution in [-0.4, -0.2) is 31.7 Å². The van der Waals surface area contributed by atoms with Gasteiger partial charge in [-0.3, -0.25) is 4.79 Å². The van der Waals surface area contributed by atoms with Crippen LogP contribution in [0.4, 0.5) is 5.00 Å². The Labute approximate surface area is 173 Å². The predicted octanol–water partition coefficient (Wildman–Crippen LogP) is 4.27. The van der Waals surface area contributed by atoms with Gasteiger partial charge in [-0.05, 0) is 50.4 Å². The minimum Gasteiger partial charge on any atom is -0.494 e. The number of hydrogen-bond acceptors (Lipinski definition) is 7. The molecule has 0 saturated heterocycles. The molecule has 0 fully saturated rings. The monoisotopic (exact) mass is 414 g/mol. The number of esters is 1. The van der Waals surface area contributed by atoms with Crippen molar-refractivity contribution in [2.24, 2.45) is 0 Å². The topological polar surface area (TPSA) is 97.7 Å². The number of carbonyl (C=O) groups is 2. The van der Waals surface area contributed by atoms with Crippen LogP contribution in [0.5, 0.6) is 11.5 Å². The van der Waals surface area contributed by atoms with Gasteiger partial charge in [0.25, 0.3) is 5.91 Å². The van der Waals surface area contributed by atoms with Crippen LogP contribution in [0.25, 0.3) is 6.08 Å². The van der Waals surface area contributed by atoms with Gasteiger partial charge in [0.2, 0.25) is 0 Å². The van der Waals surface area contributed by atoms with E-state index in [0.717, 1.165) is 0 Å². The molecule has 0 aliphatic heterocycles. The second-order valence-corrected chi connectivity index (χ2v) is 6.49. The van der Waals surface area contributed by atoms with Crippen LogP contribution in [0, 0.1) is 11.3 Å². The van der Waals surface area contributed by atoms with E-state index in [1.807, 2.05) is 19.9 Å². The number of carbonyl (C=O) groups excluding carboxylic acids is 2. The standard InChI is InChI=1S/C21H22N2O5S/c1-4-26-16-8-7-14(18(12-16)27-5-2)11-15(13-22)19(24)23-20-17(9-10-29-20)21(25)28-6-3/h7-12H,4-6H2,1-3H3,(H,23,24). The fraction of sp³-hybridized carbons (Fsp3) is 0.286. The molecule has 0 unspecified atom stereocenters. The summed E-state index contributed by atoms with van der Waals surface area (Å²) in [5, 5.41) is 14.1. The molecule has 1 heterocycles. The number of ether oxygens (including phenoxy) is 3. The highest BCUT2D eigenvalue weighted by Crippen LogP contribution is 2.28. The van der Waals surface area contributed by atoms with Gasteiger partial charge >= 0.3 is 5.97 Å². The van der Waals surface area contributed by atoms with Crippen LogP contribution in [0.3, 0.4) is 0 Å². The fourth-order valence-corrected chi connectivity index (χ4v) is 3.19. The number of hydrogen-bond donors (Lipinski definition) is 1. The summed E-state index contributed by atoms with van der Waals surface area (Å²) in [6.45, 7) is 6.57. The van der Waals surface area contributed by atoms with Gasteiger partial charge in [-0.1, -0.05) is 0 Å². The van der Waals surface area contributed by atoms with Crippen molar-refractivity contribution in [2.45, 2.75) is 20.8 Å². The third kappa shape index (κ3) is 5.83. The van der Waals surface area contributed by atoms with E-state index in [4.69, 9.17) is 14.2 Å². The number of nitriles is 1. The number of thiophene rings is 1. The minimum atomic E-state index is -0.628. The maximum Gasteiger partial charge on any atom is 0.341 e. The average molecular weight is 414 g/mol. The lowest BCUT2D eigenvalue weighted by Gasteiger charge is -2.11. The molecule has 2 rings (SSSR count). The molecule has 0 aliphatic rings. The molecule has 8 heteroatoms. The van der Waals surface area contributed by atoms with E-state index in [-0.39, 0.29) is 17.7 Å². The Kier molecular flexibility index (Phi) is 8.25. The Morgan fingerprint density at radius 3 is 2.55 bits per heavy atom. The van der Waals surface area contributed by atoms with Crippen LogP contribution in [0.1, 0.15) is 36.7 Å². The summed E-state index contributed by atoms with van der Waals surface area (Å²) in [5.41, 5.74) is 0.690. The molecule has 0 bridgehead atoms. The molecule has 29 heavy (non-hydrogen) atoms. The van der Waals surface area contributed by atoms with E-state index in [1.54, 1.807) is 36.6 Å². The second kappa shape index (κ2) is 10.9. The summed E-state index contributed by atoms with van der Waals surface area (Å²) in [4.78, 5) is 24.6. The first kappa shape index (κ1) is 22.0. The van der Waals surface area contributed by atoms with Crippen molar-refractivity contribution in [2.75, 3.05) is 25.1 Å². The van der Waals surface area contributed by atoms with Gasteiger partial charge in [-0.2, -0.15) is 5.26 Å². The molecule has 0 radical (unpaired) electrons. The summed E-state index contributed by atoms with van der Waals surface area (Å²) in [6, 6.07) is 8.63. The van der Waals surface area contributed by atoms with Gasteiger partial charge in [0.05, 0.1) is 25.4 Å². The number of anilines is 1. The summed E-state index contributed by atoms with van der Waals surface area (Å²) in [6.07, 6.45) is 1.44. The minimum absolute atomic E-state index is 0.127. The van der Waals surface area contributed by atoms with E-state index in [0.29, 0.717) is 35.3 Å². The van der Waals surface area contributed by atoms with Gasteiger partial charge < -0.3 is 19.5 Å². The molecule has 7 nitrogen and oxygen atoms in total. The fourth-order valence-electron chi connectivity index (χ4n) is 2.42. The molecule has 152 valence electrons. The maximum atomic E-state index is 12.6. The summed E-state index contributed by atoms with van der Waals surface area (Å²) in [7, 11) is 0. The average Bonchev–Trinajstić information content (AvgIpc) is 3.16. The molecule has 0 spiro atoms. The third-order valence-electron chi connectivity index (χ3n) is 3.65. The van der Waals surface area contributed by atoms with E-state index < -0.39 is 11.9 Å². The van der Waals surface area contributed by atoms with E-state index in [1.165, 1.54) is 17.4 Å². The zero-order valence-electron chi connectivity index (χ0n) is 16.5. The summed E-state index contributed by atoms with van der Waals surface area (Å²) < 4.78 is 16.0. The van der Waals surface area contributed by atoms with E-state index in [2.05, 4.69) is 5.32 Å². The Morgan fingerprint density at radius 1 is 1.14 bits per heavy atom. The zero-order valence-corrected chi connectivity index (χ0v) is 17.3. The molecule has 0 aliphatic carbocycles. The molecular weight excluding hydrogens is 392 g/mol. The van der Waals surface area contributed by atoms with Crippen molar-refractivity contribution < 1.29 is 23.8 Å². The molecule has 2 aromatic rings. The number of nitrogens with zero attached hydrogens (tertiary/aromatic N) is 1. The Balaban J connectivity index is 2.28. The van der Waals surface area contributed by atoms with Crippen molar-refractivity contribution in [3.63, 3.8) is 0 Å². The van der Waals surface area contributed by atoms with Gasteiger partial charge in [0.15, 0.2) is 0 Å². The third-order valence-corrected chi connectivity index (χ3v) is 4.48. The Hall–Kier alpha value is -3.31. The van der Waals surface area contributed by atoms with Crippen LogP contribution in [-0.2, 0) is 9.53 Å². The summed E-state index contributed by atoms with van der Waals surface area (Å²) >= 11 is 1.17.